The molecule has 0 aliphatic heterocycles. The molecule has 0 atom stereocenters. The van der Waals surface area contributed by atoms with Crippen LogP contribution in [0.1, 0.15) is 37.7 Å². The van der Waals surface area contributed by atoms with Crippen LogP contribution in [0.4, 0.5) is 0 Å². The number of carbonyl (C=O) groups excluding carboxylic acids is 1. The van der Waals surface area contributed by atoms with Gasteiger partial charge in [-0.1, -0.05) is 19.1 Å². The van der Waals surface area contributed by atoms with Gasteiger partial charge < -0.3 is 9.47 Å². The lowest BCUT2D eigenvalue weighted by Crippen LogP contribution is -2.33. The summed E-state index contributed by atoms with van der Waals surface area (Å²) in [5.74, 6) is 0.0691. The second kappa shape index (κ2) is 6.78. The molecule has 0 bridgehead atoms. The summed E-state index contributed by atoms with van der Waals surface area (Å²) in [6.07, 6.45) is 2.97. The van der Waals surface area contributed by atoms with Crippen molar-refractivity contribution in [2.75, 3.05) is 13.1 Å². The normalized spacial score (nSPS) is 10.4. The van der Waals surface area contributed by atoms with Gasteiger partial charge in [0, 0.05) is 30.3 Å². The third-order valence-corrected chi connectivity index (χ3v) is 3.11. The number of nitrogens with zero attached hydrogens (tertiary/aromatic N) is 2. The Morgan fingerprint density at radius 1 is 1.50 bits per heavy atom. The van der Waals surface area contributed by atoms with Crippen LogP contribution in [0.5, 0.6) is 0 Å². The Bertz CT molecular complexity index is 437. The van der Waals surface area contributed by atoms with Crippen LogP contribution in [0.2, 0.25) is 0 Å². The minimum absolute atomic E-state index is 0.0691. The summed E-state index contributed by atoms with van der Waals surface area (Å²) in [5, 5.41) is 0. The van der Waals surface area contributed by atoms with Gasteiger partial charge in [0.15, 0.2) is 0 Å². The van der Waals surface area contributed by atoms with Gasteiger partial charge in [0.1, 0.15) is 5.69 Å². The van der Waals surface area contributed by atoms with Crippen LogP contribution in [0.15, 0.2) is 28.9 Å². The average molecular weight is 313 g/mol. The fraction of sp³-hybridized carbons (Fsp3) is 0.500. The number of hydrogen-bond acceptors (Lipinski definition) is 1. The molecule has 4 heteroatoms. The molecule has 0 unspecified atom stereocenters. The maximum atomic E-state index is 12.5. The van der Waals surface area contributed by atoms with Crippen molar-refractivity contribution in [3.8, 4) is 0 Å². The quantitative estimate of drug-likeness (QED) is 0.735. The van der Waals surface area contributed by atoms with E-state index in [1.807, 2.05) is 35.6 Å². The van der Waals surface area contributed by atoms with Crippen LogP contribution in [0.25, 0.3) is 0 Å². The Labute approximate surface area is 118 Å². The van der Waals surface area contributed by atoms with Gasteiger partial charge in [-0.3, -0.25) is 4.79 Å². The van der Waals surface area contributed by atoms with Gasteiger partial charge in [-0.25, -0.2) is 0 Å². The number of halogens is 1. The zero-order valence-corrected chi connectivity index (χ0v) is 13.0. The van der Waals surface area contributed by atoms with Crippen LogP contribution in [0, 0.1) is 0 Å². The molecule has 1 amide bonds. The molecule has 1 rings (SSSR count). The number of amides is 1. The number of aromatic nitrogens is 1. The monoisotopic (exact) mass is 312 g/mol. The highest BCUT2D eigenvalue weighted by molar-refractivity contribution is 9.10. The molecule has 0 aliphatic rings. The molecule has 0 aromatic carbocycles. The fourth-order valence-electron chi connectivity index (χ4n) is 1.89. The Hall–Kier alpha value is -1.03. The molecule has 0 N–H and O–H groups in total. The topological polar surface area (TPSA) is 25.2 Å². The molecular weight excluding hydrogens is 292 g/mol. The van der Waals surface area contributed by atoms with Crippen molar-refractivity contribution >= 4 is 21.8 Å². The fourth-order valence-corrected chi connectivity index (χ4v) is 2.36. The summed E-state index contributed by atoms with van der Waals surface area (Å²) in [4.78, 5) is 14.3. The molecule has 0 saturated carbocycles. The molecule has 0 spiro atoms. The first kappa shape index (κ1) is 15.0. The van der Waals surface area contributed by atoms with Crippen LogP contribution >= 0.6 is 15.9 Å². The van der Waals surface area contributed by atoms with Crippen LogP contribution in [-0.4, -0.2) is 28.5 Å². The first-order valence-corrected chi connectivity index (χ1v) is 7.08. The summed E-state index contributed by atoms with van der Waals surface area (Å²) < 4.78 is 2.96. The SMILES string of the molecule is C=C(C)CN(CC)C(=O)c1cc(Br)cn1CCC. The Morgan fingerprint density at radius 3 is 2.67 bits per heavy atom. The predicted molar refractivity (Wildman–Crippen MR) is 78.8 cm³/mol. The van der Waals surface area contributed by atoms with Crippen molar-refractivity contribution < 1.29 is 4.79 Å². The maximum Gasteiger partial charge on any atom is 0.270 e. The van der Waals surface area contributed by atoms with Crippen LogP contribution in [-0.2, 0) is 6.54 Å². The number of carbonyl (C=O) groups is 1. The van der Waals surface area contributed by atoms with Gasteiger partial charge >= 0.3 is 0 Å². The maximum absolute atomic E-state index is 12.5. The van der Waals surface area contributed by atoms with E-state index < -0.39 is 0 Å². The number of aryl methyl sites for hydroxylation is 1. The van der Waals surface area contributed by atoms with Crippen molar-refractivity contribution in [2.24, 2.45) is 0 Å². The second-order valence-electron chi connectivity index (χ2n) is 4.51. The Morgan fingerprint density at radius 2 is 2.17 bits per heavy atom. The molecule has 1 heterocycles. The molecule has 0 radical (unpaired) electrons. The first-order chi connectivity index (χ1) is 8.49. The smallest absolute Gasteiger partial charge is 0.270 e. The second-order valence-corrected chi connectivity index (χ2v) is 5.43. The summed E-state index contributed by atoms with van der Waals surface area (Å²) >= 11 is 3.43. The zero-order valence-electron chi connectivity index (χ0n) is 11.4. The number of rotatable bonds is 6. The molecule has 1 aromatic heterocycles. The molecule has 18 heavy (non-hydrogen) atoms. The molecule has 0 fully saturated rings. The highest BCUT2D eigenvalue weighted by Gasteiger charge is 2.18. The number of likely N-dealkylation sites (N-methyl/N-ethyl adjacent to an activating group) is 1. The molecule has 0 saturated heterocycles. The summed E-state index contributed by atoms with van der Waals surface area (Å²) in [6.45, 7) is 12.1. The molecule has 100 valence electrons. The Balaban J connectivity index is 2.96. The first-order valence-electron chi connectivity index (χ1n) is 6.28. The molecular formula is C14H21BrN2O. The van der Waals surface area contributed by atoms with E-state index in [1.54, 1.807) is 0 Å². The third-order valence-electron chi connectivity index (χ3n) is 2.68. The predicted octanol–water partition coefficient (Wildman–Crippen LogP) is 3.70. The van der Waals surface area contributed by atoms with Gasteiger partial charge in [-0.15, -0.1) is 0 Å². The van der Waals surface area contributed by atoms with Crippen molar-refractivity contribution in [1.29, 1.82) is 0 Å². The van der Waals surface area contributed by atoms with E-state index in [4.69, 9.17) is 0 Å². The molecule has 1 aromatic rings. The van der Waals surface area contributed by atoms with Gasteiger partial charge in [-0.05, 0) is 42.3 Å². The lowest BCUT2D eigenvalue weighted by atomic mass is 10.2. The van der Waals surface area contributed by atoms with Gasteiger partial charge in [0.25, 0.3) is 5.91 Å². The van der Waals surface area contributed by atoms with Crippen molar-refractivity contribution in [3.05, 3.63) is 34.6 Å². The van der Waals surface area contributed by atoms with E-state index in [-0.39, 0.29) is 5.91 Å². The molecule has 0 aliphatic carbocycles. The minimum Gasteiger partial charge on any atom is -0.342 e. The van der Waals surface area contributed by atoms with E-state index in [1.165, 1.54) is 0 Å². The van der Waals surface area contributed by atoms with E-state index in [9.17, 15) is 4.79 Å². The average Bonchev–Trinajstić information content (AvgIpc) is 2.66. The van der Waals surface area contributed by atoms with Crippen molar-refractivity contribution in [3.63, 3.8) is 0 Å². The van der Waals surface area contributed by atoms with E-state index >= 15 is 0 Å². The van der Waals surface area contributed by atoms with Crippen LogP contribution in [0.3, 0.4) is 0 Å². The lowest BCUT2D eigenvalue weighted by Gasteiger charge is -2.21. The van der Waals surface area contributed by atoms with Gasteiger partial charge in [-0.2, -0.15) is 0 Å². The largest absolute Gasteiger partial charge is 0.342 e. The highest BCUT2D eigenvalue weighted by atomic mass is 79.9. The van der Waals surface area contributed by atoms with E-state index in [2.05, 4.69) is 29.4 Å². The van der Waals surface area contributed by atoms with Crippen molar-refractivity contribution in [1.82, 2.24) is 9.47 Å². The van der Waals surface area contributed by atoms with Crippen LogP contribution < -0.4 is 0 Å². The third kappa shape index (κ3) is 3.73. The lowest BCUT2D eigenvalue weighted by molar-refractivity contribution is 0.0767. The van der Waals surface area contributed by atoms with Gasteiger partial charge in [0.2, 0.25) is 0 Å². The zero-order chi connectivity index (χ0) is 13.7. The summed E-state index contributed by atoms with van der Waals surface area (Å²) in [7, 11) is 0. The highest BCUT2D eigenvalue weighted by Crippen LogP contribution is 2.17. The number of hydrogen-bond donors (Lipinski definition) is 0. The minimum atomic E-state index is 0.0691. The van der Waals surface area contributed by atoms with Crippen molar-refractivity contribution in [2.45, 2.75) is 33.7 Å². The standard InChI is InChI=1S/C14H21BrN2O/c1-5-7-17-10-12(15)8-13(17)14(18)16(6-2)9-11(3)4/h8,10H,3,5-7,9H2,1-2,4H3. The summed E-state index contributed by atoms with van der Waals surface area (Å²) in [6, 6.07) is 1.89. The Kier molecular flexibility index (Phi) is 5.66. The summed E-state index contributed by atoms with van der Waals surface area (Å²) in [5.41, 5.74) is 1.74. The van der Waals surface area contributed by atoms with Gasteiger partial charge in [0.05, 0.1) is 0 Å². The molecule has 3 nitrogen and oxygen atoms in total. The van der Waals surface area contributed by atoms with E-state index in [0.717, 1.165) is 28.7 Å². The van der Waals surface area contributed by atoms with E-state index in [0.29, 0.717) is 13.1 Å².